The van der Waals surface area contributed by atoms with Gasteiger partial charge in [-0.05, 0) is 24.3 Å². The second kappa shape index (κ2) is 4.92. The van der Waals surface area contributed by atoms with E-state index in [1.807, 2.05) is 22.6 Å². The van der Waals surface area contributed by atoms with Gasteiger partial charge in [0.05, 0.1) is 5.02 Å². The van der Waals surface area contributed by atoms with E-state index in [0.717, 1.165) is 0 Å². The number of anilines is 2. The summed E-state index contributed by atoms with van der Waals surface area (Å²) in [5.74, 6) is 0.201. The van der Waals surface area contributed by atoms with Gasteiger partial charge in [-0.15, -0.1) is 0 Å². The van der Waals surface area contributed by atoms with Crippen molar-refractivity contribution in [2.45, 2.75) is 0 Å². The molecule has 0 aliphatic rings. The van der Waals surface area contributed by atoms with E-state index in [2.05, 4.69) is 15.3 Å². The molecule has 2 rings (SSSR count). The molecule has 0 spiro atoms. The molecule has 1 aromatic heterocycles. The van der Waals surface area contributed by atoms with Gasteiger partial charge in [-0.1, -0.05) is 11.6 Å². The van der Waals surface area contributed by atoms with Gasteiger partial charge in [-0.25, -0.2) is 14.4 Å². The van der Waals surface area contributed by atoms with Gasteiger partial charge >= 0.3 is 0 Å². The Morgan fingerprint density at radius 1 is 1.31 bits per heavy atom. The average Bonchev–Trinajstić information content (AvgIpc) is 2.24. The minimum absolute atomic E-state index is 0.0775. The Hall–Kier alpha value is -0.950. The van der Waals surface area contributed by atoms with Crippen LogP contribution < -0.4 is 5.32 Å². The lowest BCUT2D eigenvalue weighted by molar-refractivity contribution is 0.628. The number of benzene rings is 1. The molecule has 1 heterocycles. The highest BCUT2D eigenvalue weighted by Crippen LogP contribution is 2.21. The van der Waals surface area contributed by atoms with Crippen LogP contribution >= 0.6 is 34.2 Å². The standard InChI is InChI=1S/C10H6ClFIN3/c11-7-5-6(1-2-8(7)12)15-9-3-4-14-10(13)16-9/h1-5H,(H,14,15,16). The van der Waals surface area contributed by atoms with Gasteiger partial charge in [0.15, 0.2) is 3.83 Å². The van der Waals surface area contributed by atoms with Crippen LogP contribution in [0.1, 0.15) is 0 Å². The summed E-state index contributed by atoms with van der Waals surface area (Å²) < 4.78 is 13.6. The van der Waals surface area contributed by atoms with Gasteiger partial charge < -0.3 is 5.32 Å². The van der Waals surface area contributed by atoms with Crippen LogP contribution in [0.2, 0.25) is 5.02 Å². The maximum Gasteiger partial charge on any atom is 0.192 e. The molecule has 0 amide bonds. The van der Waals surface area contributed by atoms with Crippen molar-refractivity contribution < 1.29 is 4.39 Å². The molecule has 2 aromatic rings. The maximum absolute atomic E-state index is 12.9. The Bertz CT molecular complexity index is 521. The minimum atomic E-state index is -0.440. The number of hydrogen-bond donors (Lipinski definition) is 1. The first kappa shape index (κ1) is 11.5. The first-order valence-corrected chi connectivity index (χ1v) is 5.81. The van der Waals surface area contributed by atoms with Gasteiger partial charge in [-0.3, -0.25) is 0 Å². The smallest absolute Gasteiger partial charge is 0.192 e. The molecule has 0 radical (unpaired) electrons. The van der Waals surface area contributed by atoms with Crippen molar-refractivity contribution in [3.05, 3.63) is 45.1 Å². The fraction of sp³-hybridized carbons (Fsp3) is 0. The fourth-order valence-electron chi connectivity index (χ4n) is 1.13. The molecule has 0 bridgehead atoms. The molecule has 0 aliphatic carbocycles. The molecular weight excluding hydrogens is 343 g/mol. The van der Waals surface area contributed by atoms with E-state index in [1.54, 1.807) is 18.3 Å². The number of halogens is 3. The fourth-order valence-corrected chi connectivity index (χ4v) is 1.73. The lowest BCUT2D eigenvalue weighted by Crippen LogP contribution is -1.96. The van der Waals surface area contributed by atoms with Crippen LogP contribution in [0.15, 0.2) is 30.5 Å². The molecule has 82 valence electrons. The van der Waals surface area contributed by atoms with E-state index in [-0.39, 0.29) is 5.02 Å². The van der Waals surface area contributed by atoms with E-state index < -0.39 is 5.82 Å². The molecule has 3 nitrogen and oxygen atoms in total. The Kier molecular flexibility index (Phi) is 3.55. The molecule has 6 heteroatoms. The van der Waals surface area contributed by atoms with Crippen molar-refractivity contribution in [1.29, 1.82) is 0 Å². The normalized spacial score (nSPS) is 10.2. The summed E-state index contributed by atoms with van der Waals surface area (Å²) in [6, 6.07) is 6.12. The van der Waals surface area contributed by atoms with Gasteiger partial charge in [0.25, 0.3) is 0 Å². The highest BCUT2D eigenvalue weighted by molar-refractivity contribution is 14.1. The van der Waals surface area contributed by atoms with Crippen LogP contribution in [0.25, 0.3) is 0 Å². The Morgan fingerprint density at radius 3 is 2.81 bits per heavy atom. The highest BCUT2D eigenvalue weighted by atomic mass is 127. The third-order valence-corrected chi connectivity index (χ3v) is 2.63. The average molecular weight is 350 g/mol. The molecule has 1 N–H and O–H groups in total. The molecule has 0 unspecified atom stereocenters. The molecule has 0 atom stereocenters. The zero-order valence-corrected chi connectivity index (χ0v) is 10.8. The summed E-state index contributed by atoms with van der Waals surface area (Å²) in [7, 11) is 0. The largest absolute Gasteiger partial charge is 0.340 e. The molecule has 0 saturated heterocycles. The predicted octanol–water partition coefficient (Wildman–Crippen LogP) is 3.62. The summed E-state index contributed by atoms with van der Waals surface area (Å²) in [4.78, 5) is 8.11. The summed E-state index contributed by atoms with van der Waals surface area (Å²) in [5.41, 5.74) is 0.681. The first-order valence-electron chi connectivity index (χ1n) is 4.36. The second-order valence-electron chi connectivity index (χ2n) is 2.96. The molecule has 0 fully saturated rings. The lowest BCUT2D eigenvalue weighted by atomic mass is 10.3. The van der Waals surface area contributed by atoms with E-state index in [9.17, 15) is 4.39 Å². The first-order chi connectivity index (χ1) is 7.65. The molecular formula is C10H6ClFIN3. The summed E-state index contributed by atoms with van der Waals surface area (Å²) in [6.07, 6.45) is 1.64. The van der Waals surface area contributed by atoms with Crippen molar-refractivity contribution in [2.75, 3.05) is 5.32 Å². The topological polar surface area (TPSA) is 37.8 Å². The molecule has 0 aliphatic heterocycles. The van der Waals surface area contributed by atoms with Crippen LogP contribution in [0.5, 0.6) is 0 Å². The van der Waals surface area contributed by atoms with Crippen molar-refractivity contribution >= 4 is 45.7 Å². The molecule has 0 saturated carbocycles. The third kappa shape index (κ3) is 2.79. The zero-order valence-electron chi connectivity index (χ0n) is 7.92. The number of nitrogens with zero attached hydrogens (tertiary/aromatic N) is 2. The van der Waals surface area contributed by atoms with Gasteiger partial charge in [-0.2, -0.15) is 0 Å². The van der Waals surface area contributed by atoms with Gasteiger partial charge in [0.2, 0.25) is 0 Å². The predicted molar refractivity (Wildman–Crippen MR) is 69.4 cm³/mol. The summed E-state index contributed by atoms with van der Waals surface area (Å²) >= 11 is 7.67. The third-order valence-electron chi connectivity index (χ3n) is 1.82. The van der Waals surface area contributed by atoms with Crippen LogP contribution in [0, 0.1) is 9.65 Å². The van der Waals surface area contributed by atoms with Crippen LogP contribution in [0.4, 0.5) is 15.9 Å². The van der Waals surface area contributed by atoms with Crippen LogP contribution in [-0.2, 0) is 0 Å². The Labute approximate surface area is 110 Å². The summed E-state index contributed by atoms with van der Waals surface area (Å²) in [6.45, 7) is 0. The minimum Gasteiger partial charge on any atom is -0.340 e. The van der Waals surface area contributed by atoms with Crippen LogP contribution in [0.3, 0.4) is 0 Å². The van der Waals surface area contributed by atoms with Gasteiger partial charge in [0, 0.05) is 34.5 Å². The zero-order chi connectivity index (χ0) is 11.5. The lowest BCUT2D eigenvalue weighted by Gasteiger charge is -2.05. The Morgan fingerprint density at radius 2 is 2.12 bits per heavy atom. The van der Waals surface area contributed by atoms with Crippen LogP contribution in [-0.4, -0.2) is 9.97 Å². The summed E-state index contributed by atoms with van der Waals surface area (Å²) in [5, 5.41) is 3.08. The number of nitrogens with one attached hydrogen (secondary N) is 1. The van der Waals surface area contributed by atoms with E-state index in [0.29, 0.717) is 15.3 Å². The van der Waals surface area contributed by atoms with Crippen molar-refractivity contribution in [3.8, 4) is 0 Å². The number of hydrogen-bond acceptors (Lipinski definition) is 3. The monoisotopic (exact) mass is 349 g/mol. The number of aromatic nitrogens is 2. The van der Waals surface area contributed by atoms with E-state index >= 15 is 0 Å². The van der Waals surface area contributed by atoms with E-state index in [1.165, 1.54) is 12.1 Å². The number of rotatable bonds is 2. The van der Waals surface area contributed by atoms with E-state index in [4.69, 9.17) is 11.6 Å². The SMILES string of the molecule is Fc1ccc(Nc2ccnc(I)n2)cc1Cl. The maximum atomic E-state index is 12.9. The second-order valence-corrected chi connectivity index (χ2v) is 4.34. The Balaban J connectivity index is 2.24. The van der Waals surface area contributed by atoms with Crippen molar-refractivity contribution in [2.24, 2.45) is 0 Å². The highest BCUT2D eigenvalue weighted by Gasteiger charge is 2.02. The van der Waals surface area contributed by atoms with Gasteiger partial charge in [0.1, 0.15) is 11.6 Å². The molecule has 16 heavy (non-hydrogen) atoms. The molecule has 1 aromatic carbocycles. The van der Waals surface area contributed by atoms with Crippen molar-refractivity contribution in [1.82, 2.24) is 9.97 Å². The quantitative estimate of drug-likeness (QED) is 0.665. The van der Waals surface area contributed by atoms with Crippen molar-refractivity contribution in [3.63, 3.8) is 0 Å².